The number of allylic oxidation sites excluding steroid dienone is 2. The highest BCUT2D eigenvalue weighted by Crippen LogP contribution is 2.34. The zero-order valence-electron chi connectivity index (χ0n) is 8.90. The second-order valence-electron chi connectivity index (χ2n) is 4.09. The van der Waals surface area contributed by atoms with E-state index in [1.54, 1.807) is 0 Å². The van der Waals surface area contributed by atoms with Crippen LogP contribution >= 0.6 is 0 Å². The van der Waals surface area contributed by atoms with Crippen LogP contribution in [0.2, 0.25) is 0 Å². The molecular formula is C11H16N2O2. The summed E-state index contributed by atoms with van der Waals surface area (Å²) in [6, 6.07) is 0. The molecule has 1 heterocycles. The molecule has 0 aromatic heterocycles. The Morgan fingerprint density at radius 2 is 1.80 bits per heavy atom. The monoisotopic (exact) mass is 208 g/mol. The van der Waals surface area contributed by atoms with Crippen molar-refractivity contribution in [2.75, 3.05) is 20.1 Å². The predicted octanol–water partition coefficient (Wildman–Crippen LogP) is 0.157. The van der Waals surface area contributed by atoms with Crippen LogP contribution in [0.3, 0.4) is 0 Å². The summed E-state index contributed by atoms with van der Waals surface area (Å²) in [6.07, 6.45) is 5.47. The van der Waals surface area contributed by atoms with E-state index < -0.39 is 0 Å². The fourth-order valence-corrected chi connectivity index (χ4v) is 2.31. The van der Waals surface area contributed by atoms with Crippen LogP contribution in [0.15, 0.2) is 12.2 Å². The lowest BCUT2D eigenvalue weighted by molar-refractivity contribution is -0.139. The van der Waals surface area contributed by atoms with Gasteiger partial charge in [0.2, 0.25) is 11.8 Å². The first-order valence-electron chi connectivity index (χ1n) is 5.40. The van der Waals surface area contributed by atoms with E-state index in [-0.39, 0.29) is 23.7 Å². The van der Waals surface area contributed by atoms with Crippen molar-refractivity contribution in [3.8, 4) is 0 Å². The van der Waals surface area contributed by atoms with Gasteiger partial charge in [-0.15, -0.1) is 0 Å². The number of nitrogens with zero attached hydrogens (tertiary/aromatic N) is 1. The molecule has 4 heteroatoms. The highest BCUT2D eigenvalue weighted by Gasteiger charge is 2.46. The molecule has 82 valence electrons. The fraction of sp³-hybridized carbons (Fsp3) is 0.636. The third-order valence-electron chi connectivity index (χ3n) is 3.18. The number of likely N-dealkylation sites (N-methyl/N-ethyl adjacent to an activating group) is 1. The van der Waals surface area contributed by atoms with E-state index in [1.807, 2.05) is 19.2 Å². The molecular weight excluding hydrogens is 192 g/mol. The average molecular weight is 208 g/mol. The zero-order valence-corrected chi connectivity index (χ0v) is 8.90. The summed E-state index contributed by atoms with van der Waals surface area (Å²) < 4.78 is 0. The van der Waals surface area contributed by atoms with E-state index in [4.69, 9.17) is 0 Å². The summed E-state index contributed by atoms with van der Waals surface area (Å²) in [5, 5.41) is 2.96. The summed E-state index contributed by atoms with van der Waals surface area (Å²) in [5.74, 6) is -0.132. The minimum Gasteiger partial charge on any atom is -0.318 e. The number of hydrogen-bond donors (Lipinski definition) is 1. The molecule has 1 N–H and O–H groups in total. The van der Waals surface area contributed by atoms with E-state index in [0.29, 0.717) is 13.1 Å². The number of rotatable bonds is 3. The fourth-order valence-electron chi connectivity index (χ4n) is 2.31. The molecule has 1 saturated heterocycles. The summed E-state index contributed by atoms with van der Waals surface area (Å²) >= 11 is 0. The van der Waals surface area contributed by atoms with Crippen LogP contribution in [0, 0.1) is 11.8 Å². The average Bonchev–Trinajstić information content (AvgIpc) is 2.51. The maximum absolute atomic E-state index is 11.9. The summed E-state index contributed by atoms with van der Waals surface area (Å²) in [4.78, 5) is 25.2. The second kappa shape index (κ2) is 4.14. The van der Waals surface area contributed by atoms with Crippen molar-refractivity contribution >= 4 is 11.8 Å². The number of carbonyl (C=O) groups is 2. The van der Waals surface area contributed by atoms with Gasteiger partial charge in [0.15, 0.2) is 0 Å². The molecule has 0 aromatic carbocycles. The van der Waals surface area contributed by atoms with Gasteiger partial charge in [0, 0.05) is 13.1 Å². The molecule has 2 rings (SSSR count). The maximum atomic E-state index is 11.9. The predicted molar refractivity (Wildman–Crippen MR) is 56.0 cm³/mol. The van der Waals surface area contributed by atoms with E-state index in [0.717, 1.165) is 12.8 Å². The minimum atomic E-state index is -0.0839. The van der Waals surface area contributed by atoms with Crippen LogP contribution < -0.4 is 5.32 Å². The standard InChI is InChI=1S/C11H16N2O2/c1-12-6-7-13-10(14)8-4-2-3-5-9(8)11(13)15/h2-3,8-9,12H,4-7H2,1H3. The van der Waals surface area contributed by atoms with Crippen molar-refractivity contribution in [1.29, 1.82) is 0 Å². The largest absolute Gasteiger partial charge is 0.318 e. The third-order valence-corrected chi connectivity index (χ3v) is 3.18. The SMILES string of the molecule is CNCCN1C(=O)C2CC=CCC2C1=O. The first-order chi connectivity index (χ1) is 7.25. The molecule has 2 atom stereocenters. The van der Waals surface area contributed by atoms with Crippen molar-refractivity contribution < 1.29 is 9.59 Å². The smallest absolute Gasteiger partial charge is 0.233 e. The van der Waals surface area contributed by atoms with Gasteiger partial charge in [-0.05, 0) is 19.9 Å². The van der Waals surface area contributed by atoms with Crippen LogP contribution in [0.5, 0.6) is 0 Å². The van der Waals surface area contributed by atoms with Crippen molar-refractivity contribution in [1.82, 2.24) is 10.2 Å². The topological polar surface area (TPSA) is 49.4 Å². The van der Waals surface area contributed by atoms with Gasteiger partial charge < -0.3 is 5.32 Å². The van der Waals surface area contributed by atoms with Crippen LogP contribution in [-0.2, 0) is 9.59 Å². The number of carbonyl (C=O) groups excluding carboxylic acids is 2. The lowest BCUT2D eigenvalue weighted by Gasteiger charge is -2.14. The van der Waals surface area contributed by atoms with E-state index in [1.165, 1.54) is 4.90 Å². The number of nitrogens with one attached hydrogen (secondary N) is 1. The molecule has 2 amide bonds. The van der Waals surface area contributed by atoms with Crippen molar-refractivity contribution in [3.63, 3.8) is 0 Å². The van der Waals surface area contributed by atoms with Crippen LogP contribution in [0.25, 0.3) is 0 Å². The molecule has 15 heavy (non-hydrogen) atoms. The lowest BCUT2D eigenvalue weighted by atomic mass is 9.85. The van der Waals surface area contributed by atoms with E-state index >= 15 is 0 Å². The quantitative estimate of drug-likeness (QED) is 0.531. The molecule has 0 aromatic rings. The van der Waals surface area contributed by atoms with Gasteiger partial charge in [0.05, 0.1) is 11.8 Å². The van der Waals surface area contributed by atoms with Crippen LogP contribution in [0.4, 0.5) is 0 Å². The molecule has 0 spiro atoms. The van der Waals surface area contributed by atoms with Gasteiger partial charge in [-0.25, -0.2) is 0 Å². The van der Waals surface area contributed by atoms with Crippen molar-refractivity contribution in [3.05, 3.63) is 12.2 Å². The number of fused-ring (bicyclic) bond motifs is 1. The number of imide groups is 1. The Labute approximate surface area is 89.3 Å². The summed E-state index contributed by atoms with van der Waals surface area (Å²) in [5.41, 5.74) is 0. The van der Waals surface area contributed by atoms with Gasteiger partial charge in [0.1, 0.15) is 0 Å². The van der Waals surface area contributed by atoms with Crippen molar-refractivity contribution in [2.24, 2.45) is 11.8 Å². The number of hydrogen-bond acceptors (Lipinski definition) is 3. The molecule has 0 radical (unpaired) electrons. The van der Waals surface area contributed by atoms with Crippen LogP contribution in [-0.4, -0.2) is 36.9 Å². The molecule has 0 saturated carbocycles. The van der Waals surface area contributed by atoms with Gasteiger partial charge in [0.25, 0.3) is 0 Å². The molecule has 2 aliphatic rings. The molecule has 1 aliphatic carbocycles. The van der Waals surface area contributed by atoms with Gasteiger partial charge in [-0.1, -0.05) is 12.2 Å². The first kappa shape index (κ1) is 10.4. The molecule has 1 fully saturated rings. The number of likely N-dealkylation sites (tertiary alicyclic amines) is 1. The zero-order chi connectivity index (χ0) is 10.8. The van der Waals surface area contributed by atoms with Gasteiger partial charge in [-0.3, -0.25) is 14.5 Å². The Balaban J connectivity index is 2.10. The molecule has 4 nitrogen and oxygen atoms in total. The lowest BCUT2D eigenvalue weighted by Crippen LogP contribution is -2.36. The highest BCUT2D eigenvalue weighted by molar-refractivity contribution is 6.05. The summed E-state index contributed by atoms with van der Waals surface area (Å²) in [7, 11) is 1.82. The Morgan fingerprint density at radius 3 is 2.27 bits per heavy atom. The molecule has 1 aliphatic heterocycles. The Morgan fingerprint density at radius 1 is 1.27 bits per heavy atom. The minimum absolute atomic E-state index is 0.0181. The maximum Gasteiger partial charge on any atom is 0.233 e. The number of amides is 2. The molecule has 0 bridgehead atoms. The normalized spacial score (nSPS) is 29.8. The first-order valence-corrected chi connectivity index (χ1v) is 5.40. The Bertz CT molecular complexity index is 286. The van der Waals surface area contributed by atoms with Gasteiger partial charge >= 0.3 is 0 Å². The molecule has 2 unspecified atom stereocenters. The van der Waals surface area contributed by atoms with Gasteiger partial charge in [-0.2, -0.15) is 0 Å². The van der Waals surface area contributed by atoms with E-state index in [9.17, 15) is 9.59 Å². The van der Waals surface area contributed by atoms with Crippen LogP contribution in [0.1, 0.15) is 12.8 Å². The second-order valence-corrected chi connectivity index (χ2v) is 4.09. The third kappa shape index (κ3) is 1.69. The highest BCUT2D eigenvalue weighted by atomic mass is 16.2. The summed E-state index contributed by atoms with van der Waals surface area (Å²) in [6.45, 7) is 1.17. The Hall–Kier alpha value is -1.16. The van der Waals surface area contributed by atoms with Crippen molar-refractivity contribution in [2.45, 2.75) is 12.8 Å². The Kier molecular flexibility index (Phi) is 2.86. The van der Waals surface area contributed by atoms with E-state index in [2.05, 4.69) is 5.32 Å².